The Balaban J connectivity index is 1.93. The molecule has 1 aromatic carbocycles. The molecule has 1 fully saturated rings. The molecule has 2 N–H and O–H groups in total. The summed E-state index contributed by atoms with van der Waals surface area (Å²) >= 11 is 0. The zero-order valence-electron chi connectivity index (χ0n) is 10.9. The SMILES string of the molecule is CC1(C)C(=O)Nc2cc(N3CCNCC3)ccc21. The van der Waals surface area contributed by atoms with Crippen molar-refractivity contribution in [1.82, 2.24) is 5.32 Å². The van der Waals surface area contributed by atoms with E-state index in [1.165, 1.54) is 5.69 Å². The number of nitrogens with zero attached hydrogens (tertiary/aromatic N) is 1. The molecule has 0 spiro atoms. The van der Waals surface area contributed by atoms with Gasteiger partial charge in [0.05, 0.1) is 5.41 Å². The standard InChI is InChI=1S/C14H19N3O/c1-14(2)11-4-3-10(9-12(11)16-13(14)18)17-7-5-15-6-8-17/h3-4,9,15H,5-8H2,1-2H3,(H,16,18). The number of amides is 1. The Bertz CT molecular complexity index is 490. The molecule has 0 atom stereocenters. The number of rotatable bonds is 1. The Morgan fingerprint density at radius 3 is 2.67 bits per heavy atom. The van der Waals surface area contributed by atoms with Crippen molar-refractivity contribution in [3.8, 4) is 0 Å². The molecule has 0 saturated carbocycles. The third-order valence-electron chi connectivity index (χ3n) is 3.97. The second-order valence-corrected chi connectivity index (χ2v) is 5.55. The molecule has 4 heteroatoms. The van der Waals surface area contributed by atoms with Crippen LogP contribution >= 0.6 is 0 Å². The first kappa shape index (κ1) is 11.5. The molecule has 18 heavy (non-hydrogen) atoms. The van der Waals surface area contributed by atoms with E-state index in [1.807, 2.05) is 13.8 Å². The van der Waals surface area contributed by atoms with Crippen LogP contribution < -0.4 is 15.5 Å². The minimum atomic E-state index is -0.405. The topological polar surface area (TPSA) is 44.4 Å². The Morgan fingerprint density at radius 2 is 1.94 bits per heavy atom. The van der Waals surface area contributed by atoms with Crippen molar-refractivity contribution in [2.75, 3.05) is 36.4 Å². The van der Waals surface area contributed by atoms with Crippen molar-refractivity contribution >= 4 is 17.3 Å². The first-order valence-electron chi connectivity index (χ1n) is 6.51. The zero-order valence-corrected chi connectivity index (χ0v) is 10.9. The highest BCUT2D eigenvalue weighted by Gasteiger charge is 2.38. The van der Waals surface area contributed by atoms with E-state index in [0.717, 1.165) is 37.4 Å². The highest BCUT2D eigenvalue weighted by atomic mass is 16.2. The van der Waals surface area contributed by atoms with Crippen molar-refractivity contribution in [3.63, 3.8) is 0 Å². The predicted molar refractivity (Wildman–Crippen MR) is 73.2 cm³/mol. The summed E-state index contributed by atoms with van der Waals surface area (Å²) in [6.45, 7) is 8.04. The average molecular weight is 245 g/mol. The van der Waals surface area contributed by atoms with Gasteiger partial charge in [0.15, 0.2) is 0 Å². The summed E-state index contributed by atoms with van der Waals surface area (Å²) in [5, 5.41) is 6.33. The molecule has 2 heterocycles. The molecule has 1 saturated heterocycles. The molecule has 4 nitrogen and oxygen atoms in total. The lowest BCUT2D eigenvalue weighted by atomic mass is 9.86. The van der Waals surface area contributed by atoms with Gasteiger partial charge in [-0.2, -0.15) is 0 Å². The summed E-state index contributed by atoms with van der Waals surface area (Å²) in [6.07, 6.45) is 0. The van der Waals surface area contributed by atoms with Gasteiger partial charge >= 0.3 is 0 Å². The number of anilines is 2. The Morgan fingerprint density at radius 1 is 1.22 bits per heavy atom. The highest BCUT2D eigenvalue weighted by molar-refractivity contribution is 6.06. The molecule has 0 unspecified atom stereocenters. The van der Waals surface area contributed by atoms with Crippen LogP contribution in [0.1, 0.15) is 19.4 Å². The number of hydrogen-bond acceptors (Lipinski definition) is 3. The number of carbonyl (C=O) groups is 1. The molecule has 0 aliphatic carbocycles. The van der Waals surface area contributed by atoms with E-state index in [1.54, 1.807) is 0 Å². The second-order valence-electron chi connectivity index (χ2n) is 5.55. The Hall–Kier alpha value is -1.55. The fourth-order valence-electron chi connectivity index (χ4n) is 2.70. The van der Waals surface area contributed by atoms with E-state index in [-0.39, 0.29) is 5.91 Å². The maximum atomic E-state index is 11.9. The normalized spacial score (nSPS) is 21.7. The summed E-state index contributed by atoms with van der Waals surface area (Å²) in [5.74, 6) is 0.0926. The summed E-state index contributed by atoms with van der Waals surface area (Å²) < 4.78 is 0. The van der Waals surface area contributed by atoms with Gasteiger partial charge in [-0.15, -0.1) is 0 Å². The van der Waals surface area contributed by atoms with E-state index in [4.69, 9.17) is 0 Å². The van der Waals surface area contributed by atoms with E-state index in [2.05, 4.69) is 33.7 Å². The van der Waals surface area contributed by atoms with Crippen LogP contribution in [-0.2, 0) is 10.2 Å². The van der Waals surface area contributed by atoms with Gasteiger partial charge in [-0.1, -0.05) is 6.07 Å². The summed E-state index contributed by atoms with van der Waals surface area (Å²) in [6, 6.07) is 6.32. The van der Waals surface area contributed by atoms with Crippen molar-refractivity contribution < 1.29 is 4.79 Å². The number of nitrogens with one attached hydrogen (secondary N) is 2. The van der Waals surface area contributed by atoms with Crippen molar-refractivity contribution in [3.05, 3.63) is 23.8 Å². The largest absolute Gasteiger partial charge is 0.369 e. The van der Waals surface area contributed by atoms with Gasteiger partial charge < -0.3 is 15.5 Å². The van der Waals surface area contributed by atoms with Crippen LogP contribution in [0.4, 0.5) is 11.4 Å². The van der Waals surface area contributed by atoms with Gasteiger partial charge in [0, 0.05) is 37.6 Å². The van der Waals surface area contributed by atoms with Crippen LogP contribution in [0, 0.1) is 0 Å². The van der Waals surface area contributed by atoms with Crippen LogP contribution in [0.2, 0.25) is 0 Å². The lowest BCUT2D eigenvalue weighted by Gasteiger charge is -2.30. The van der Waals surface area contributed by atoms with Gasteiger partial charge in [-0.3, -0.25) is 4.79 Å². The molecular weight excluding hydrogens is 226 g/mol. The lowest BCUT2D eigenvalue weighted by molar-refractivity contribution is -0.119. The van der Waals surface area contributed by atoms with Crippen LogP contribution in [0.25, 0.3) is 0 Å². The van der Waals surface area contributed by atoms with Crippen LogP contribution in [0.15, 0.2) is 18.2 Å². The maximum Gasteiger partial charge on any atom is 0.234 e. The minimum Gasteiger partial charge on any atom is -0.369 e. The molecule has 0 bridgehead atoms. The van der Waals surface area contributed by atoms with E-state index in [0.29, 0.717) is 0 Å². The number of fused-ring (bicyclic) bond motifs is 1. The number of benzene rings is 1. The molecule has 1 amide bonds. The number of hydrogen-bond donors (Lipinski definition) is 2. The summed E-state index contributed by atoms with van der Waals surface area (Å²) in [4.78, 5) is 14.3. The fraction of sp³-hybridized carbons (Fsp3) is 0.500. The Kier molecular flexibility index (Phi) is 2.55. The van der Waals surface area contributed by atoms with Crippen molar-refractivity contribution in [2.45, 2.75) is 19.3 Å². The molecule has 1 aromatic rings. The summed E-state index contributed by atoms with van der Waals surface area (Å²) in [7, 11) is 0. The molecule has 0 radical (unpaired) electrons. The van der Waals surface area contributed by atoms with Crippen LogP contribution in [0.5, 0.6) is 0 Å². The van der Waals surface area contributed by atoms with Gasteiger partial charge in [0.2, 0.25) is 5.91 Å². The van der Waals surface area contributed by atoms with E-state index >= 15 is 0 Å². The quantitative estimate of drug-likeness (QED) is 0.784. The zero-order chi connectivity index (χ0) is 12.8. The Labute approximate surface area is 107 Å². The van der Waals surface area contributed by atoms with Gasteiger partial charge in [-0.05, 0) is 31.5 Å². The molecular formula is C14H19N3O. The fourth-order valence-corrected chi connectivity index (χ4v) is 2.70. The smallest absolute Gasteiger partial charge is 0.234 e. The maximum absolute atomic E-state index is 11.9. The first-order chi connectivity index (χ1) is 8.59. The monoisotopic (exact) mass is 245 g/mol. The number of piperazine rings is 1. The molecule has 0 aromatic heterocycles. The van der Waals surface area contributed by atoms with Crippen LogP contribution in [0.3, 0.4) is 0 Å². The van der Waals surface area contributed by atoms with Gasteiger partial charge in [0.25, 0.3) is 0 Å². The average Bonchev–Trinajstić information content (AvgIpc) is 2.61. The van der Waals surface area contributed by atoms with Crippen molar-refractivity contribution in [2.24, 2.45) is 0 Å². The second kappa shape index (κ2) is 3.99. The van der Waals surface area contributed by atoms with E-state index in [9.17, 15) is 4.79 Å². The molecule has 2 aliphatic rings. The molecule has 96 valence electrons. The molecule has 2 aliphatic heterocycles. The van der Waals surface area contributed by atoms with Crippen molar-refractivity contribution in [1.29, 1.82) is 0 Å². The minimum absolute atomic E-state index is 0.0926. The number of carbonyl (C=O) groups excluding carboxylic acids is 1. The predicted octanol–water partition coefficient (Wildman–Crippen LogP) is 1.33. The lowest BCUT2D eigenvalue weighted by Crippen LogP contribution is -2.43. The van der Waals surface area contributed by atoms with Gasteiger partial charge in [-0.25, -0.2) is 0 Å². The highest BCUT2D eigenvalue weighted by Crippen LogP contribution is 2.39. The molecule has 3 rings (SSSR count). The van der Waals surface area contributed by atoms with Crippen LogP contribution in [-0.4, -0.2) is 32.1 Å². The third kappa shape index (κ3) is 1.68. The van der Waals surface area contributed by atoms with Gasteiger partial charge in [0.1, 0.15) is 0 Å². The third-order valence-corrected chi connectivity index (χ3v) is 3.97. The summed E-state index contributed by atoms with van der Waals surface area (Å²) in [5.41, 5.74) is 2.87. The first-order valence-corrected chi connectivity index (χ1v) is 6.51. The van der Waals surface area contributed by atoms with E-state index < -0.39 is 5.41 Å².